The molecule has 0 unspecified atom stereocenters. The van der Waals surface area contributed by atoms with Crippen LogP contribution in [-0.2, 0) is 0 Å². The number of hydrogen-bond donors (Lipinski definition) is 0. The van der Waals surface area contributed by atoms with Gasteiger partial charge in [0.05, 0.1) is 0 Å². The minimum Gasteiger partial charge on any atom is -0.294 e. The number of rotatable bonds is 2. The van der Waals surface area contributed by atoms with Crippen LogP contribution in [0, 0.1) is 26.7 Å². The summed E-state index contributed by atoms with van der Waals surface area (Å²) in [6.07, 6.45) is 0.840. The van der Waals surface area contributed by atoms with Gasteiger partial charge in [0, 0.05) is 16.9 Å². The van der Waals surface area contributed by atoms with E-state index < -0.39 is 0 Å². The summed E-state index contributed by atoms with van der Waals surface area (Å²) in [6.45, 7) is 6.05. The third-order valence-corrected chi connectivity index (χ3v) is 3.46. The Morgan fingerprint density at radius 2 is 1.73 bits per heavy atom. The van der Waals surface area contributed by atoms with E-state index in [4.69, 9.17) is 11.6 Å². The maximum Gasteiger partial charge on any atom is 0.168 e. The number of aryl methyl sites for hydroxylation is 3. The van der Waals surface area contributed by atoms with Gasteiger partial charge in [-0.15, -0.1) is 11.6 Å². The number of halogens is 1. The molecule has 2 heteroatoms. The Labute approximate surface area is 95.4 Å². The fourth-order valence-electron chi connectivity index (χ4n) is 2.19. The lowest BCUT2D eigenvalue weighted by Crippen LogP contribution is -2.08. The molecule has 1 aliphatic carbocycles. The molecule has 0 radical (unpaired) electrons. The molecule has 2 rings (SSSR count). The predicted molar refractivity (Wildman–Crippen MR) is 62.7 cm³/mol. The van der Waals surface area contributed by atoms with Crippen LogP contribution in [-0.4, -0.2) is 11.2 Å². The fourth-order valence-corrected chi connectivity index (χ4v) is 2.50. The third-order valence-electron chi connectivity index (χ3n) is 2.97. The van der Waals surface area contributed by atoms with Crippen molar-refractivity contribution in [1.29, 1.82) is 0 Å². The van der Waals surface area contributed by atoms with Gasteiger partial charge in [-0.1, -0.05) is 17.7 Å². The Bertz CT molecular complexity index is 400. The van der Waals surface area contributed by atoms with E-state index in [9.17, 15) is 4.79 Å². The van der Waals surface area contributed by atoms with Crippen molar-refractivity contribution < 1.29 is 4.79 Å². The zero-order chi connectivity index (χ0) is 11.2. The van der Waals surface area contributed by atoms with Crippen molar-refractivity contribution in [3.8, 4) is 0 Å². The van der Waals surface area contributed by atoms with Gasteiger partial charge >= 0.3 is 0 Å². The number of Topliss-reactive ketones (excluding diaryl/α,β-unsaturated/α-hetero) is 1. The van der Waals surface area contributed by atoms with Crippen LogP contribution in [0.3, 0.4) is 0 Å². The maximum absolute atomic E-state index is 12.1. The molecule has 1 fully saturated rings. The molecule has 0 N–H and O–H groups in total. The van der Waals surface area contributed by atoms with Crippen molar-refractivity contribution in [2.24, 2.45) is 5.92 Å². The molecule has 2 atom stereocenters. The van der Waals surface area contributed by atoms with Crippen LogP contribution in [0.2, 0.25) is 0 Å². The van der Waals surface area contributed by atoms with Crippen LogP contribution < -0.4 is 0 Å². The molecule has 0 saturated heterocycles. The van der Waals surface area contributed by atoms with Gasteiger partial charge in [-0.05, 0) is 38.3 Å². The van der Waals surface area contributed by atoms with E-state index in [0.29, 0.717) is 0 Å². The summed E-state index contributed by atoms with van der Waals surface area (Å²) in [4.78, 5) is 12.1. The number of ketones is 1. The van der Waals surface area contributed by atoms with Crippen LogP contribution in [0.25, 0.3) is 0 Å². The van der Waals surface area contributed by atoms with Crippen molar-refractivity contribution in [2.75, 3.05) is 0 Å². The standard InChI is InChI=1S/C13H15ClO/c1-7-4-8(2)12(9(3)5-7)13(15)10-6-11(10)14/h4-5,10-11H,6H2,1-3H3/t10-,11-/m1/s1. The molecular weight excluding hydrogens is 208 g/mol. The topological polar surface area (TPSA) is 17.1 Å². The largest absolute Gasteiger partial charge is 0.294 e. The first-order valence-electron chi connectivity index (χ1n) is 5.27. The molecule has 1 saturated carbocycles. The van der Waals surface area contributed by atoms with E-state index in [1.165, 1.54) is 5.56 Å². The molecule has 1 aromatic rings. The average molecular weight is 223 g/mol. The highest BCUT2D eigenvalue weighted by molar-refractivity contribution is 6.26. The SMILES string of the molecule is Cc1cc(C)c(C(=O)[C@@H]2C[C@H]2Cl)c(C)c1. The average Bonchev–Trinajstić information content (AvgIpc) is 2.80. The lowest BCUT2D eigenvalue weighted by molar-refractivity contribution is 0.0967. The first-order chi connectivity index (χ1) is 7.00. The summed E-state index contributed by atoms with van der Waals surface area (Å²) in [5.41, 5.74) is 4.25. The van der Waals surface area contributed by atoms with Crippen LogP contribution in [0.4, 0.5) is 0 Å². The fraction of sp³-hybridized carbons (Fsp3) is 0.462. The lowest BCUT2D eigenvalue weighted by atomic mass is 9.95. The van der Waals surface area contributed by atoms with Crippen molar-refractivity contribution in [2.45, 2.75) is 32.6 Å². The first kappa shape index (κ1) is 10.7. The van der Waals surface area contributed by atoms with Crippen LogP contribution >= 0.6 is 11.6 Å². The summed E-state index contributed by atoms with van der Waals surface area (Å²) in [6, 6.07) is 4.12. The highest BCUT2D eigenvalue weighted by atomic mass is 35.5. The van der Waals surface area contributed by atoms with E-state index in [-0.39, 0.29) is 17.1 Å². The molecule has 0 amide bonds. The molecule has 15 heavy (non-hydrogen) atoms. The second-order valence-electron chi connectivity index (χ2n) is 4.50. The van der Waals surface area contributed by atoms with Crippen LogP contribution in [0.5, 0.6) is 0 Å². The van der Waals surface area contributed by atoms with Crippen LogP contribution in [0.15, 0.2) is 12.1 Å². The second-order valence-corrected chi connectivity index (χ2v) is 5.06. The number of benzene rings is 1. The van der Waals surface area contributed by atoms with Gasteiger partial charge in [0.25, 0.3) is 0 Å². The summed E-state index contributed by atoms with van der Waals surface area (Å²) in [5, 5.41) is 0.0672. The van der Waals surface area contributed by atoms with Crippen LogP contribution in [0.1, 0.15) is 33.5 Å². The van der Waals surface area contributed by atoms with E-state index in [1.807, 2.05) is 13.8 Å². The van der Waals surface area contributed by atoms with E-state index in [0.717, 1.165) is 23.1 Å². The predicted octanol–water partition coefficient (Wildman–Crippen LogP) is 3.42. The van der Waals surface area contributed by atoms with Gasteiger partial charge < -0.3 is 0 Å². The summed E-state index contributed by atoms with van der Waals surface area (Å²) < 4.78 is 0. The zero-order valence-electron chi connectivity index (χ0n) is 9.30. The van der Waals surface area contributed by atoms with Crippen molar-refractivity contribution in [1.82, 2.24) is 0 Å². The van der Waals surface area contributed by atoms with Gasteiger partial charge in [-0.3, -0.25) is 4.79 Å². The molecule has 1 aliphatic rings. The smallest absolute Gasteiger partial charge is 0.168 e. The monoisotopic (exact) mass is 222 g/mol. The van der Waals surface area contributed by atoms with Crippen molar-refractivity contribution in [3.05, 3.63) is 34.4 Å². The molecule has 0 heterocycles. The van der Waals surface area contributed by atoms with E-state index >= 15 is 0 Å². The molecule has 0 aromatic heterocycles. The summed E-state index contributed by atoms with van der Waals surface area (Å²) in [5.74, 6) is 0.289. The van der Waals surface area contributed by atoms with Gasteiger partial charge in [-0.2, -0.15) is 0 Å². The van der Waals surface area contributed by atoms with Gasteiger partial charge in [0.15, 0.2) is 5.78 Å². The molecule has 1 aromatic carbocycles. The van der Waals surface area contributed by atoms with Crippen molar-refractivity contribution >= 4 is 17.4 Å². The minimum absolute atomic E-state index is 0.0618. The minimum atomic E-state index is 0.0618. The molecule has 0 spiro atoms. The van der Waals surface area contributed by atoms with Gasteiger partial charge in [0.1, 0.15) is 0 Å². The Balaban J connectivity index is 2.39. The van der Waals surface area contributed by atoms with E-state index in [1.54, 1.807) is 0 Å². The molecule has 0 aliphatic heterocycles. The molecular formula is C13H15ClO. The normalized spacial score (nSPS) is 24.0. The van der Waals surface area contributed by atoms with E-state index in [2.05, 4.69) is 19.1 Å². The van der Waals surface area contributed by atoms with Gasteiger partial charge in [0.2, 0.25) is 0 Å². The Hall–Kier alpha value is -0.820. The zero-order valence-corrected chi connectivity index (χ0v) is 10.1. The third kappa shape index (κ3) is 1.93. The van der Waals surface area contributed by atoms with Gasteiger partial charge in [-0.25, -0.2) is 0 Å². The molecule has 0 bridgehead atoms. The number of carbonyl (C=O) groups excluding carboxylic acids is 1. The maximum atomic E-state index is 12.1. The Morgan fingerprint density at radius 3 is 2.13 bits per heavy atom. The molecule has 1 nitrogen and oxygen atoms in total. The lowest BCUT2D eigenvalue weighted by Gasteiger charge is -2.09. The Morgan fingerprint density at radius 1 is 1.27 bits per heavy atom. The van der Waals surface area contributed by atoms with Crippen molar-refractivity contribution in [3.63, 3.8) is 0 Å². The number of alkyl halides is 1. The first-order valence-corrected chi connectivity index (χ1v) is 5.70. The Kier molecular flexibility index (Phi) is 2.59. The summed E-state index contributed by atoms with van der Waals surface area (Å²) >= 11 is 5.91. The quantitative estimate of drug-likeness (QED) is 0.554. The highest BCUT2D eigenvalue weighted by Crippen LogP contribution is 2.39. The summed E-state index contributed by atoms with van der Waals surface area (Å²) in [7, 11) is 0. The number of hydrogen-bond acceptors (Lipinski definition) is 1. The second kappa shape index (κ2) is 3.64. The number of carbonyl (C=O) groups is 1. The molecule has 80 valence electrons. The highest BCUT2D eigenvalue weighted by Gasteiger charge is 2.42.